The molecule has 4 heterocycles. The number of morpholine rings is 1. The highest BCUT2D eigenvalue weighted by molar-refractivity contribution is 5.85. The molecule has 2 atom stereocenters. The minimum atomic E-state index is 0.0175. The van der Waals surface area contributed by atoms with E-state index in [0.29, 0.717) is 24.3 Å². The topological polar surface area (TPSA) is 100 Å². The number of carbonyl (C=O) groups excluding carboxylic acids is 1. The van der Waals surface area contributed by atoms with E-state index in [-0.39, 0.29) is 24.7 Å². The first-order valence-electron chi connectivity index (χ1n) is 11.0. The third-order valence-corrected chi connectivity index (χ3v) is 5.86. The molecule has 3 aromatic heterocycles. The van der Waals surface area contributed by atoms with Gasteiger partial charge in [-0.2, -0.15) is 10.4 Å². The molecule has 0 spiro atoms. The molecule has 1 aliphatic rings. The molecule has 4 aromatic rings. The summed E-state index contributed by atoms with van der Waals surface area (Å²) in [6, 6.07) is 12.0. The van der Waals surface area contributed by atoms with E-state index in [4.69, 9.17) is 4.74 Å². The summed E-state index contributed by atoms with van der Waals surface area (Å²) in [5.74, 6) is 0.792. The largest absolute Gasteiger partial charge is 0.372 e. The lowest BCUT2D eigenvalue weighted by atomic mass is 10.1. The predicted octanol–water partition coefficient (Wildman–Crippen LogP) is 3.24. The van der Waals surface area contributed by atoms with Crippen LogP contribution >= 0.6 is 0 Å². The van der Waals surface area contributed by atoms with Crippen LogP contribution in [0.25, 0.3) is 16.7 Å². The number of hydrogen-bond acceptors (Lipinski definition) is 6. The number of ether oxygens (including phenoxy) is 1. The lowest BCUT2D eigenvalue weighted by Crippen LogP contribution is -2.49. The number of nitriles is 1. The SMILES string of the molecule is Cc1cc(Nc2cnn(CC(=O)N3CC(C)OC(C)C3)c2)n2c(nc3ccccc32)c1C#N. The highest BCUT2D eigenvalue weighted by Gasteiger charge is 2.26. The van der Waals surface area contributed by atoms with Gasteiger partial charge in [-0.25, -0.2) is 4.98 Å². The Morgan fingerprint density at radius 3 is 2.79 bits per heavy atom. The Bertz CT molecular complexity index is 1390. The Morgan fingerprint density at radius 1 is 1.27 bits per heavy atom. The first kappa shape index (κ1) is 21.0. The minimum Gasteiger partial charge on any atom is -0.372 e. The summed E-state index contributed by atoms with van der Waals surface area (Å²) >= 11 is 0. The molecule has 2 unspecified atom stereocenters. The summed E-state index contributed by atoms with van der Waals surface area (Å²) in [6.07, 6.45) is 3.55. The van der Waals surface area contributed by atoms with Crippen molar-refractivity contribution in [3.63, 3.8) is 0 Å². The maximum Gasteiger partial charge on any atom is 0.244 e. The van der Waals surface area contributed by atoms with E-state index in [2.05, 4.69) is 21.5 Å². The van der Waals surface area contributed by atoms with Crippen LogP contribution in [0.4, 0.5) is 11.5 Å². The van der Waals surface area contributed by atoms with Crippen molar-refractivity contribution in [1.29, 1.82) is 5.26 Å². The second-order valence-electron chi connectivity index (χ2n) is 8.57. The predicted molar refractivity (Wildman–Crippen MR) is 124 cm³/mol. The molecule has 1 saturated heterocycles. The molecule has 5 rings (SSSR count). The molecule has 0 aliphatic carbocycles. The molecule has 9 nitrogen and oxygen atoms in total. The molecule has 1 amide bonds. The van der Waals surface area contributed by atoms with Gasteiger partial charge in [-0.3, -0.25) is 13.9 Å². The standard InChI is InChI=1S/C24H25N7O2/c1-15-8-22(31-21-7-5-4-6-20(21)28-24(31)19(15)9-25)27-18-10-26-30(13-18)14-23(32)29-11-16(2)33-17(3)12-29/h4-8,10,13,16-17,27H,11-12,14H2,1-3H3. The number of fused-ring (bicyclic) bond motifs is 3. The van der Waals surface area contributed by atoms with Crippen LogP contribution in [0.5, 0.6) is 0 Å². The number of aryl methyl sites for hydroxylation is 1. The number of anilines is 2. The third-order valence-electron chi connectivity index (χ3n) is 5.86. The summed E-state index contributed by atoms with van der Waals surface area (Å²) in [4.78, 5) is 19.3. The minimum absolute atomic E-state index is 0.0175. The van der Waals surface area contributed by atoms with Crippen molar-refractivity contribution in [2.24, 2.45) is 0 Å². The van der Waals surface area contributed by atoms with E-state index in [0.717, 1.165) is 28.1 Å². The number of benzene rings is 1. The van der Waals surface area contributed by atoms with Crippen LogP contribution in [0.2, 0.25) is 0 Å². The van der Waals surface area contributed by atoms with Crippen LogP contribution in [0.1, 0.15) is 25.0 Å². The summed E-state index contributed by atoms with van der Waals surface area (Å²) in [7, 11) is 0. The molecule has 1 aliphatic heterocycles. The Balaban J connectivity index is 1.42. The first-order chi connectivity index (χ1) is 15.9. The van der Waals surface area contributed by atoms with Crippen molar-refractivity contribution in [2.75, 3.05) is 18.4 Å². The van der Waals surface area contributed by atoms with E-state index in [1.165, 1.54) is 0 Å². The molecule has 0 radical (unpaired) electrons. The number of para-hydroxylation sites is 2. The van der Waals surface area contributed by atoms with Crippen LogP contribution in [-0.4, -0.2) is 55.3 Å². The smallest absolute Gasteiger partial charge is 0.244 e. The second-order valence-corrected chi connectivity index (χ2v) is 8.57. The maximum atomic E-state index is 12.8. The van der Waals surface area contributed by atoms with Gasteiger partial charge < -0.3 is 15.0 Å². The molecule has 0 saturated carbocycles. The van der Waals surface area contributed by atoms with Crippen molar-refractivity contribution in [3.05, 3.63) is 53.9 Å². The molecule has 1 N–H and O–H groups in total. The van der Waals surface area contributed by atoms with Gasteiger partial charge in [-0.15, -0.1) is 0 Å². The number of carbonyl (C=O) groups is 1. The molecule has 1 aromatic carbocycles. The fourth-order valence-electron chi connectivity index (χ4n) is 4.47. The maximum absolute atomic E-state index is 12.8. The lowest BCUT2D eigenvalue weighted by molar-refractivity contribution is -0.144. The zero-order valence-electron chi connectivity index (χ0n) is 18.8. The number of hydrogen-bond donors (Lipinski definition) is 1. The van der Waals surface area contributed by atoms with E-state index in [1.54, 1.807) is 10.9 Å². The Hall–Kier alpha value is -3.90. The van der Waals surface area contributed by atoms with Gasteiger partial charge in [0.25, 0.3) is 0 Å². The third kappa shape index (κ3) is 3.90. The summed E-state index contributed by atoms with van der Waals surface area (Å²) in [5.41, 5.74) is 4.46. The van der Waals surface area contributed by atoms with Crippen molar-refractivity contribution in [3.8, 4) is 6.07 Å². The summed E-state index contributed by atoms with van der Waals surface area (Å²) in [5, 5.41) is 17.4. The van der Waals surface area contributed by atoms with Crippen LogP contribution in [0.15, 0.2) is 42.7 Å². The second kappa shape index (κ2) is 8.22. The first-order valence-corrected chi connectivity index (χ1v) is 11.0. The quantitative estimate of drug-likeness (QED) is 0.520. The molecule has 1 fully saturated rings. The lowest BCUT2D eigenvalue weighted by Gasteiger charge is -2.35. The van der Waals surface area contributed by atoms with Gasteiger partial charge in [-0.1, -0.05) is 12.1 Å². The molecule has 33 heavy (non-hydrogen) atoms. The number of nitrogens with one attached hydrogen (secondary N) is 1. The number of rotatable bonds is 4. The Kier molecular flexibility index (Phi) is 5.23. The van der Waals surface area contributed by atoms with Gasteiger partial charge in [0, 0.05) is 19.3 Å². The number of nitrogens with zero attached hydrogens (tertiary/aromatic N) is 6. The number of amides is 1. The number of aromatic nitrogens is 4. The number of imidazole rings is 1. The summed E-state index contributed by atoms with van der Waals surface area (Å²) < 4.78 is 9.30. The Labute approximate surface area is 191 Å². The highest BCUT2D eigenvalue weighted by atomic mass is 16.5. The van der Waals surface area contributed by atoms with Gasteiger partial charge >= 0.3 is 0 Å². The molecular weight excluding hydrogens is 418 g/mol. The van der Waals surface area contributed by atoms with Crippen molar-refractivity contribution < 1.29 is 9.53 Å². The van der Waals surface area contributed by atoms with E-state index < -0.39 is 0 Å². The van der Waals surface area contributed by atoms with E-state index in [9.17, 15) is 10.1 Å². The van der Waals surface area contributed by atoms with Gasteiger partial charge in [0.2, 0.25) is 5.91 Å². The number of pyridine rings is 1. The average Bonchev–Trinajstić information content (AvgIpc) is 3.37. The van der Waals surface area contributed by atoms with Crippen LogP contribution in [-0.2, 0) is 16.1 Å². The molecule has 9 heteroatoms. The zero-order valence-corrected chi connectivity index (χ0v) is 18.8. The molecular formula is C24H25N7O2. The van der Waals surface area contributed by atoms with E-state index in [1.807, 2.05) is 66.6 Å². The van der Waals surface area contributed by atoms with Crippen molar-refractivity contribution in [2.45, 2.75) is 39.5 Å². The monoisotopic (exact) mass is 443 g/mol. The van der Waals surface area contributed by atoms with Gasteiger partial charge in [-0.05, 0) is 44.5 Å². The summed E-state index contributed by atoms with van der Waals surface area (Å²) in [6.45, 7) is 7.20. The van der Waals surface area contributed by atoms with Gasteiger partial charge in [0.1, 0.15) is 18.4 Å². The van der Waals surface area contributed by atoms with Crippen LogP contribution in [0.3, 0.4) is 0 Å². The van der Waals surface area contributed by atoms with Gasteiger partial charge in [0.05, 0.1) is 40.7 Å². The normalized spacial score (nSPS) is 18.5. The van der Waals surface area contributed by atoms with Crippen molar-refractivity contribution >= 4 is 34.1 Å². The fraction of sp³-hybridized carbons (Fsp3) is 0.333. The average molecular weight is 444 g/mol. The van der Waals surface area contributed by atoms with E-state index >= 15 is 0 Å². The van der Waals surface area contributed by atoms with Crippen molar-refractivity contribution in [1.82, 2.24) is 24.1 Å². The van der Waals surface area contributed by atoms with Crippen LogP contribution in [0, 0.1) is 18.3 Å². The fourth-order valence-corrected chi connectivity index (χ4v) is 4.47. The zero-order chi connectivity index (χ0) is 23.1. The molecule has 0 bridgehead atoms. The molecule has 168 valence electrons. The van der Waals surface area contributed by atoms with Crippen LogP contribution < -0.4 is 5.32 Å². The van der Waals surface area contributed by atoms with Gasteiger partial charge in [0.15, 0.2) is 5.65 Å². The highest BCUT2D eigenvalue weighted by Crippen LogP contribution is 2.28. The Morgan fingerprint density at radius 2 is 2.03 bits per heavy atom.